The van der Waals surface area contributed by atoms with Crippen molar-refractivity contribution in [3.05, 3.63) is 59.2 Å². The first-order chi connectivity index (χ1) is 11.9. The molecular formula is C21H27NO3. The van der Waals surface area contributed by atoms with Gasteiger partial charge in [-0.2, -0.15) is 0 Å². The summed E-state index contributed by atoms with van der Waals surface area (Å²) in [6, 6.07) is 13.5. The lowest BCUT2D eigenvalue weighted by atomic mass is 9.99. The molecule has 0 aliphatic carbocycles. The molecule has 134 valence electrons. The van der Waals surface area contributed by atoms with Crippen LogP contribution in [0.2, 0.25) is 0 Å². The van der Waals surface area contributed by atoms with Gasteiger partial charge in [-0.1, -0.05) is 25.1 Å². The Morgan fingerprint density at radius 3 is 2.24 bits per heavy atom. The van der Waals surface area contributed by atoms with Gasteiger partial charge in [0.25, 0.3) is 5.91 Å². The molecule has 0 bridgehead atoms. The summed E-state index contributed by atoms with van der Waals surface area (Å²) < 4.78 is 10.9. The first-order valence-corrected chi connectivity index (χ1v) is 8.62. The summed E-state index contributed by atoms with van der Waals surface area (Å²) in [5, 5.41) is 3.08. The predicted octanol–water partition coefficient (Wildman–Crippen LogP) is 4.35. The lowest BCUT2D eigenvalue weighted by Gasteiger charge is -2.21. The van der Waals surface area contributed by atoms with Crippen molar-refractivity contribution in [2.75, 3.05) is 7.11 Å². The molecule has 2 aromatic rings. The highest BCUT2D eigenvalue weighted by Crippen LogP contribution is 2.21. The van der Waals surface area contributed by atoms with Gasteiger partial charge in [0, 0.05) is 0 Å². The van der Waals surface area contributed by atoms with E-state index in [4.69, 9.17) is 9.47 Å². The Bertz CT molecular complexity index is 710. The van der Waals surface area contributed by atoms with E-state index in [-0.39, 0.29) is 11.9 Å². The van der Waals surface area contributed by atoms with Crippen molar-refractivity contribution < 1.29 is 14.3 Å². The van der Waals surface area contributed by atoms with Crippen LogP contribution in [-0.2, 0) is 4.79 Å². The maximum atomic E-state index is 12.5. The number of benzene rings is 2. The third-order valence-corrected chi connectivity index (χ3v) is 4.40. The zero-order chi connectivity index (χ0) is 18.4. The van der Waals surface area contributed by atoms with Crippen LogP contribution in [0.3, 0.4) is 0 Å². The molecule has 2 rings (SSSR count). The van der Waals surface area contributed by atoms with Gasteiger partial charge in [0.05, 0.1) is 13.2 Å². The van der Waals surface area contributed by atoms with Crippen LogP contribution in [0.15, 0.2) is 42.5 Å². The number of hydrogen-bond acceptors (Lipinski definition) is 3. The normalized spacial score (nSPS) is 13.0. The fourth-order valence-corrected chi connectivity index (χ4v) is 2.60. The van der Waals surface area contributed by atoms with Gasteiger partial charge in [0.2, 0.25) is 0 Å². The van der Waals surface area contributed by atoms with Crippen molar-refractivity contribution in [1.29, 1.82) is 0 Å². The number of amides is 1. The number of methoxy groups -OCH3 is 1. The Hall–Kier alpha value is -2.49. The van der Waals surface area contributed by atoms with E-state index in [1.807, 2.05) is 12.1 Å². The summed E-state index contributed by atoms with van der Waals surface area (Å²) in [6.07, 6.45) is 0.248. The molecule has 4 nitrogen and oxygen atoms in total. The van der Waals surface area contributed by atoms with Gasteiger partial charge in [0.1, 0.15) is 11.5 Å². The third kappa shape index (κ3) is 4.99. The Kier molecular flexibility index (Phi) is 6.45. The first kappa shape index (κ1) is 18.8. The smallest absolute Gasteiger partial charge is 0.261 e. The molecule has 1 amide bonds. The summed E-state index contributed by atoms with van der Waals surface area (Å²) in [5.74, 6) is 1.27. The van der Waals surface area contributed by atoms with E-state index in [0.29, 0.717) is 5.75 Å². The van der Waals surface area contributed by atoms with E-state index in [9.17, 15) is 4.79 Å². The zero-order valence-electron chi connectivity index (χ0n) is 15.6. The number of rotatable bonds is 7. The molecule has 0 unspecified atom stereocenters. The highest BCUT2D eigenvalue weighted by molar-refractivity contribution is 5.81. The number of carbonyl (C=O) groups is 1. The quantitative estimate of drug-likeness (QED) is 0.814. The molecule has 0 aliphatic heterocycles. The van der Waals surface area contributed by atoms with Crippen LogP contribution in [-0.4, -0.2) is 19.1 Å². The molecule has 0 radical (unpaired) electrons. The monoisotopic (exact) mass is 341 g/mol. The van der Waals surface area contributed by atoms with Crippen LogP contribution in [0, 0.1) is 13.8 Å². The van der Waals surface area contributed by atoms with Crippen molar-refractivity contribution in [2.24, 2.45) is 0 Å². The van der Waals surface area contributed by atoms with Crippen molar-refractivity contribution in [3.63, 3.8) is 0 Å². The lowest BCUT2D eigenvalue weighted by Crippen LogP contribution is -2.38. The summed E-state index contributed by atoms with van der Waals surface area (Å²) in [5.41, 5.74) is 3.60. The maximum absolute atomic E-state index is 12.5. The highest BCUT2D eigenvalue weighted by Gasteiger charge is 2.19. The van der Waals surface area contributed by atoms with E-state index in [1.165, 1.54) is 11.1 Å². The van der Waals surface area contributed by atoms with Gasteiger partial charge in [-0.05, 0) is 68.1 Å². The van der Waals surface area contributed by atoms with Gasteiger partial charge in [-0.25, -0.2) is 0 Å². The topological polar surface area (TPSA) is 47.6 Å². The average molecular weight is 341 g/mol. The van der Waals surface area contributed by atoms with Crippen LogP contribution in [0.4, 0.5) is 0 Å². The fourth-order valence-electron chi connectivity index (χ4n) is 2.60. The molecule has 25 heavy (non-hydrogen) atoms. The molecule has 4 heteroatoms. The van der Waals surface area contributed by atoms with Gasteiger partial charge in [-0.3, -0.25) is 4.79 Å². The van der Waals surface area contributed by atoms with Crippen LogP contribution >= 0.6 is 0 Å². The molecule has 0 aromatic heterocycles. The Balaban J connectivity index is 2.01. The summed E-state index contributed by atoms with van der Waals surface area (Å²) in [7, 11) is 1.61. The van der Waals surface area contributed by atoms with E-state index < -0.39 is 6.10 Å². The maximum Gasteiger partial charge on any atom is 0.261 e. The van der Waals surface area contributed by atoms with Gasteiger partial charge in [0.15, 0.2) is 6.10 Å². The van der Waals surface area contributed by atoms with E-state index in [2.05, 4.69) is 44.3 Å². The van der Waals surface area contributed by atoms with Crippen LogP contribution in [0.5, 0.6) is 11.5 Å². The summed E-state index contributed by atoms with van der Waals surface area (Å²) in [6.45, 7) is 7.99. The predicted molar refractivity (Wildman–Crippen MR) is 100 cm³/mol. The second-order valence-electron chi connectivity index (χ2n) is 6.25. The summed E-state index contributed by atoms with van der Waals surface area (Å²) in [4.78, 5) is 12.5. The minimum absolute atomic E-state index is 0.0197. The second-order valence-corrected chi connectivity index (χ2v) is 6.25. The third-order valence-electron chi connectivity index (χ3n) is 4.40. The second kappa shape index (κ2) is 8.56. The highest BCUT2D eigenvalue weighted by atomic mass is 16.5. The Morgan fingerprint density at radius 1 is 1.04 bits per heavy atom. The van der Waals surface area contributed by atoms with E-state index in [1.54, 1.807) is 26.2 Å². The van der Waals surface area contributed by atoms with Crippen LogP contribution in [0.1, 0.15) is 43.0 Å². The van der Waals surface area contributed by atoms with Crippen LogP contribution < -0.4 is 14.8 Å². The fraction of sp³-hybridized carbons (Fsp3) is 0.381. The minimum atomic E-state index is -0.575. The molecule has 0 heterocycles. The number of ether oxygens (including phenoxy) is 2. The van der Waals surface area contributed by atoms with E-state index in [0.717, 1.165) is 17.7 Å². The number of carbonyl (C=O) groups excluding carboxylic acids is 1. The van der Waals surface area contributed by atoms with Gasteiger partial charge >= 0.3 is 0 Å². The lowest BCUT2D eigenvalue weighted by molar-refractivity contribution is -0.128. The SMILES string of the molecule is CC[C@@H](NC(=O)[C@@H](C)Oc1ccc(OC)cc1)c1ccc(C)c(C)c1. The van der Waals surface area contributed by atoms with Crippen molar-refractivity contribution >= 4 is 5.91 Å². The van der Waals surface area contributed by atoms with Crippen molar-refractivity contribution in [3.8, 4) is 11.5 Å². The minimum Gasteiger partial charge on any atom is -0.497 e. The van der Waals surface area contributed by atoms with Crippen molar-refractivity contribution in [2.45, 2.75) is 46.3 Å². The Morgan fingerprint density at radius 2 is 1.68 bits per heavy atom. The summed E-state index contributed by atoms with van der Waals surface area (Å²) >= 11 is 0. The molecular weight excluding hydrogens is 314 g/mol. The molecule has 0 fully saturated rings. The molecule has 0 saturated carbocycles. The molecule has 1 N–H and O–H groups in total. The van der Waals surface area contributed by atoms with Gasteiger partial charge < -0.3 is 14.8 Å². The van der Waals surface area contributed by atoms with E-state index >= 15 is 0 Å². The molecule has 2 aromatic carbocycles. The van der Waals surface area contributed by atoms with Crippen molar-refractivity contribution in [1.82, 2.24) is 5.32 Å². The molecule has 0 aliphatic rings. The molecule has 0 saturated heterocycles. The van der Waals surface area contributed by atoms with Gasteiger partial charge in [-0.15, -0.1) is 0 Å². The Labute approximate surface area is 150 Å². The number of nitrogens with one attached hydrogen (secondary N) is 1. The first-order valence-electron chi connectivity index (χ1n) is 8.62. The molecule has 0 spiro atoms. The molecule has 2 atom stereocenters. The van der Waals surface area contributed by atoms with Crippen LogP contribution in [0.25, 0.3) is 0 Å². The zero-order valence-corrected chi connectivity index (χ0v) is 15.6. The average Bonchev–Trinajstić information content (AvgIpc) is 2.62. The largest absolute Gasteiger partial charge is 0.497 e. The number of aryl methyl sites for hydroxylation is 2. The standard InChI is InChI=1S/C21H27NO3/c1-6-20(17-8-7-14(2)15(3)13-17)22-21(23)16(4)25-19-11-9-18(24-5)10-12-19/h7-13,16,20H,6H2,1-5H3,(H,22,23)/t16-,20-/m1/s1. The number of hydrogen-bond donors (Lipinski definition) is 1.